The minimum atomic E-state index is 0.181. The fraction of sp³-hybridized carbons (Fsp3) is 0.684. The Morgan fingerprint density at radius 2 is 2.05 bits per heavy atom. The van der Waals surface area contributed by atoms with Crippen molar-refractivity contribution in [2.24, 2.45) is 5.92 Å². The molecule has 0 amide bonds. The van der Waals surface area contributed by atoms with Gasteiger partial charge in [0.05, 0.1) is 0 Å². The van der Waals surface area contributed by atoms with Gasteiger partial charge in [-0.15, -0.1) is 11.8 Å². The molecule has 2 rings (SSSR count). The molecule has 1 fully saturated rings. The van der Waals surface area contributed by atoms with Crippen LogP contribution in [0.25, 0.3) is 0 Å². The number of hydrogen-bond acceptors (Lipinski definition) is 2. The normalized spacial score (nSPS) is 23.2. The molecule has 2 heteroatoms. The summed E-state index contributed by atoms with van der Waals surface area (Å²) in [5.41, 5.74) is 1.58. The Hall–Kier alpha value is -0.470. The van der Waals surface area contributed by atoms with E-state index in [4.69, 9.17) is 0 Å². The second-order valence-corrected chi connectivity index (χ2v) is 8.81. The zero-order chi connectivity index (χ0) is 15.3. The van der Waals surface area contributed by atoms with Crippen LogP contribution in [0.5, 0.6) is 0 Å². The van der Waals surface area contributed by atoms with Crippen LogP contribution >= 0.6 is 11.8 Å². The summed E-state index contributed by atoms with van der Waals surface area (Å²) in [5, 5.41) is 4.40. The Kier molecular flexibility index (Phi) is 6.19. The highest BCUT2D eigenvalue weighted by molar-refractivity contribution is 8.00. The zero-order valence-electron chi connectivity index (χ0n) is 14.1. The third kappa shape index (κ3) is 6.04. The van der Waals surface area contributed by atoms with Gasteiger partial charge in [0.1, 0.15) is 0 Å². The second-order valence-electron chi connectivity index (χ2n) is 7.43. The number of nitrogens with one attached hydrogen (secondary N) is 1. The molecule has 2 atom stereocenters. The molecule has 1 aromatic carbocycles. The van der Waals surface area contributed by atoms with Gasteiger partial charge in [-0.25, -0.2) is 0 Å². The van der Waals surface area contributed by atoms with E-state index in [2.05, 4.69) is 69.0 Å². The van der Waals surface area contributed by atoms with E-state index in [-0.39, 0.29) is 5.54 Å². The molecule has 118 valence electrons. The summed E-state index contributed by atoms with van der Waals surface area (Å²) in [6, 6.07) is 9.10. The monoisotopic (exact) mass is 305 g/mol. The average Bonchev–Trinajstić information content (AvgIpc) is 2.45. The van der Waals surface area contributed by atoms with E-state index >= 15 is 0 Å². The number of thioether (sulfide) groups is 1. The van der Waals surface area contributed by atoms with Gasteiger partial charge in [-0.1, -0.05) is 38.3 Å². The molecule has 1 saturated carbocycles. The van der Waals surface area contributed by atoms with Gasteiger partial charge in [-0.2, -0.15) is 0 Å². The molecule has 2 unspecified atom stereocenters. The van der Waals surface area contributed by atoms with E-state index in [1.807, 2.05) is 0 Å². The molecule has 1 N–H and O–H groups in total. The second kappa shape index (κ2) is 7.69. The maximum atomic E-state index is 3.58. The first-order valence-electron chi connectivity index (χ1n) is 8.47. The Bertz CT molecular complexity index is 435. The van der Waals surface area contributed by atoms with Crippen molar-refractivity contribution in [3.8, 4) is 0 Å². The van der Waals surface area contributed by atoms with Gasteiger partial charge >= 0.3 is 0 Å². The number of rotatable bonds is 5. The number of hydrogen-bond donors (Lipinski definition) is 1. The third-order valence-electron chi connectivity index (χ3n) is 4.34. The molecule has 1 aromatic rings. The van der Waals surface area contributed by atoms with Crippen LogP contribution in [0.2, 0.25) is 0 Å². The predicted molar refractivity (Wildman–Crippen MR) is 94.9 cm³/mol. The summed E-state index contributed by atoms with van der Waals surface area (Å²) in [6.07, 6.45) is 7.02. The summed E-state index contributed by atoms with van der Waals surface area (Å²) >= 11 is 2.10. The summed E-state index contributed by atoms with van der Waals surface area (Å²) in [5.74, 6) is 0.960. The first-order valence-corrected chi connectivity index (χ1v) is 9.35. The zero-order valence-corrected chi connectivity index (χ0v) is 14.9. The summed E-state index contributed by atoms with van der Waals surface area (Å²) < 4.78 is 0. The van der Waals surface area contributed by atoms with Gasteiger partial charge in [0.2, 0.25) is 0 Å². The molecule has 1 nitrogen and oxygen atoms in total. The highest BCUT2D eigenvalue weighted by Crippen LogP contribution is 2.37. The highest BCUT2D eigenvalue weighted by Gasteiger charge is 2.21. The maximum Gasteiger partial charge on any atom is 0.0210 e. The lowest BCUT2D eigenvalue weighted by Crippen LogP contribution is -2.35. The van der Waals surface area contributed by atoms with Crippen molar-refractivity contribution in [3.63, 3.8) is 0 Å². The third-order valence-corrected chi connectivity index (χ3v) is 5.62. The lowest BCUT2D eigenvalue weighted by atomic mass is 9.87. The molecule has 1 aliphatic rings. The van der Waals surface area contributed by atoms with Crippen molar-refractivity contribution < 1.29 is 0 Å². The van der Waals surface area contributed by atoms with Crippen LogP contribution in [0.15, 0.2) is 29.2 Å². The van der Waals surface area contributed by atoms with E-state index in [1.165, 1.54) is 42.6 Å². The van der Waals surface area contributed by atoms with Gasteiger partial charge in [0.15, 0.2) is 0 Å². The molecule has 1 aliphatic carbocycles. The molecule has 0 bridgehead atoms. The van der Waals surface area contributed by atoms with Gasteiger partial charge in [-0.05, 0) is 57.2 Å². The summed E-state index contributed by atoms with van der Waals surface area (Å²) in [6.45, 7) is 9.96. The van der Waals surface area contributed by atoms with Crippen molar-refractivity contribution in [1.82, 2.24) is 5.32 Å². The molecule has 21 heavy (non-hydrogen) atoms. The number of benzene rings is 1. The smallest absolute Gasteiger partial charge is 0.0210 e. The lowest BCUT2D eigenvalue weighted by molar-refractivity contribution is 0.357. The molecule has 0 saturated heterocycles. The largest absolute Gasteiger partial charge is 0.308 e. The van der Waals surface area contributed by atoms with Crippen molar-refractivity contribution in [2.45, 2.75) is 82.0 Å². The van der Waals surface area contributed by atoms with Gasteiger partial charge in [-0.3, -0.25) is 0 Å². The van der Waals surface area contributed by atoms with Crippen LogP contribution in [0, 0.1) is 5.92 Å². The standard InChI is InChI=1S/C19H31NS/c1-5-15-8-6-10-17(12-15)21-18-11-7-9-16(13-18)14-20-19(2,3)4/h7,9,11,13,15,17,20H,5-6,8,10,12,14H2,1-4H3. The average molecular weight is 306 g/mol. The Labute approximate surface area is 135 Å². The van der Waals surface area contributed by atoms with Crippen LogP contribution in [-0.2, 0) is 6.54 Å². The fourth-order valence-electron chi connectivity index (χ4n) is 3.01. The van der Waals surface area contributed by atoms with Crippen molar-refractivity contribution in [1.29, 1.82) is 0 Å². The van der Waals surface area contributed by atoms with E-state index in [9.17, 15) is 0 Å². The van der Waals surface area contributed by atoms with Crippen LogP contribution in [0.4, 0.5) is 0 Å². The Morgan fingerprint density at radius 1 is 1.24 bits per heavy atom. The van der Waals surface area contributed by atoms with Crippen molar-refractivity contribution in [3.05, 3.63) is 29.8 Å². The van der Waals surface area contributed by atoms with E-state index in [0.717, 1.165) is 17.7 Å². The molecular weight excluding hydrogens is 274 g/mol. The SMILES string of the molecule is CCC1CCCC(Sc2cccc(CNC(C)(C)C)c2)C1. The lowest BCUT2D eigenvalue weighted by Gasteiger charge is -2.28. The first kappa shape index (κ1) is 16.9. The van der Waals surface area contributed by atoms with Crippen LogP contribution in [0.3, 0.4) is 0 Å². The highest BCUT2D eigenvalue weighted by atomic mass is 32.2. The van der Waals surface area contributed by atoms with Gasteiger partial charge in [0, 0.05) is 22.2 Å². The quantitative estimate of drug-likeness (QED) is 0.756. The molecule has 0 aromatic heterocycles. The topological polar surface area (TPSA) is 12.0 Å². The van der Waals surface area contributed by atoms with E-state index in [0.29, 0.717) is 0 Å². The van der Waals surface area contributed by atoms with Crippen LogP contribution in [0.1, 0.15) is 65.4 Å². The molecule has 0 spiro atoms. The Balaban J connectivity index is 1.91. The Morgan fingerprint density at radius 3 is 2.76 bits per heavy atom. The summed E-state index contributed by atoms with van der Waals surface area (Å²) in [7, 11) is 0. The fourth-order valence-corrected chi connectivity index (χ4v) is 4.42. The molecule has 0 heterocycles. The van der Waals surface area contributed by atoms with E-state index < -0.39 is 0 Å². The van der Waals surface area contributed by atoms with E-state index in [1.54, 1.807) is 0 Å². The molecule has 0 aliphatic heterocycles. The maximum absolute atomic E-state index is 3.58. The molecule has 0 radical (unpaired) electrons. The van der Waals surface area contributed by atoms with Crippen LogP contribution < -0.4 is 5.32 Å². The van der Waals surface area contributed by atoms with Gasteiger partial charge < -0.3 is 5.32 Å². The summed E-state index contributed by atoms with van der Waals surface area (Å²) in [4.78, 5) is 1.45. The first-order chi connectivity index (χ1) is 9.96. The van der Waals surface area contributed by atoms with Crippen molar-refractivity contribution in [2.75, 3.05) is 0 Å². The van der Waals surface area contributed by atoms with Crippen LogP contribution in [-0.4, -0.2) is 10.8 Å². The minimum absolute atomic E-state index is 0.181. The minimum Gasteiger partial charge on any atom is -0.308 e. The predicted octanol–water partition coefficient (Wildman–Crippen LogP) is 5.64. The molecular formula is C19H31NS. The van der Waals surface area contributed by atoms with Gasteiger partial charge in [0.25, 0.3) is 0 Å². The van der Waals surface area contributed by atoms with Crippen molar-refractivity contribution >= 4 is 11.8 Å².